The highest BCUT2D eigenvalue weighted by atomic mass is 32.1. The molecule has 0 bridgehead atoms. The molecule has 1 aromatic rings. The van der Waals surface area contributed by atoms with Crippen LogP contribution in [-0.2, 0) is 0 Å². The number of hydrogen-bond donors (Lipinski definition) is 2. The van der Waals surface area contributed by atoms with Gasteiger partial charge in [-0.2, -0.15) is 5.01 Å². The SMILES string of the molecule is Fc1cccc(F)c1[C@@H]1C[C@H](F)C2NC(=S)NN21. The van der Waals surface area contributed by atoms with E-state index >= 15 is 0 Å². The summed E-state index contributed by atoms with van der Waals surface area (Å²) in [7, 11) is 0. The van der Waals surface area contributed by atoms with Crippen LogP contribution in [0.2, 0.25) is 0 Å². The van der Waals surface area contributed by atoms with Crippen LogP contribution in [0.15, 0.2) is 18.2 Å². The van der Waals surface area contributed by atoms with Crippen molar-refractivity contribution in [3.63, 3.8) is 0 Å². The van der Waals surface area contributed by atoms with E-state index in [0.717, 1.165) is 0 Å². The van der Waals surface area contributed by atoms with Crippen LogP contribution in [0.25, 0.3) is 0 Å². The van der Waals surface area contributed by atoms with Gasteiger partial charge in [0.2, 0.25) is 0 Å². The van der Waals surface area contributed by atoms with Crippen LogP contribution < -0.4 is 10.7 Å². The summed E-state index contributed by atoms with van der Waals surface area (Å²) >= 11 is 4.88. The van der Waals surface area contributed by atoms with E-state index in [9.17, 15) is 13.2 Å². The van der Waals surface area contributed by atoms with Gasteiger partial charge in [-0.15, -0.1) is 0 Å². The minimum atomic E-state index is -1.23. The molecule has 96 valence electrons. The second-order valence-corrected chi connectivity index (χ2v) is 4.75. The second-order valence-electron chi connectivity index (χ2n) is 4.34. The third kappa shape index (κ3) is 1.65. The topological polar surface area (TPSA) is 27.3 Å². The van der Waals surface area contributed by atoms with E-state index < -0.39 is 30.0 Å². The molecule has 3 atom stereocenters. The van der Waals surface area contributed by atoms with E-state index in [1.54, 1.807) is 0 Å². The molecule has 2 saturated heterocycles. The molecule has 0 amide bonds. The van der Waals surface area contributed by atoms with E-state index in [2.05, 4.69) is 10.7 Å². The normalized spacial score (nSPS) is 31.1. The molecule has 2 N–H and O–H groups in total. The quantitative estimate of drug-likeness (QED) is 0.763. The Kier molecular flexibility index (Phi) is 2.67. The summed E-state index contributed by atoms with van der Waals surface area (Å²) in [5.41, 5.74) is 2.61. The molecule has 3 rings (SSSR count). The fraction of sp³-hybridized carbons (Fsp3) is 0.364. The van der Waals surface area contributed by atoms with Crippen molar-refractivity contribution < 1.29 is 13.2 Å². The molecular formula is C11H10F3N3S. The summed E-state index contributed by atoms with van der Waals surface area (Å²) in [6.07, 6.45) is -1.88. The third-order valence-electron chi connectivity index (χ3n) is 3.27. The third-order valence-corrected chi connectivity index (χ3v) is 3.48. The maximum Gasteiger partial charge on any atom is 0.182 e. The van der Waals surface area contributed by atoms with Gasteiger partial charge in [-0.3, -0.25) is 5.43 Å². The number of alkyl halides is 1. The average molecular weight is 273 g/mol. The summed E-state index contributed by atoms with van der Waals surface area (Å²) in [5, 5.41) is 4.44. The van der Waals surface area contributed by atoms with Gasteiger partial charge < -0.3 is 5.32 Å². The number of thiocarbonyl (C=S) groups is 1. The van der Waals surface area contributed by atoms with Gasteiger partial charge in [-0.25, -0.2) is 13.2 Å². The van der Waals surface area contributed by atoms with E-state index in [0.29, 0.717) is 0 Å². The number of hydrogen-bond acceptors (Lipinski definition) is 2. The molecule has 3 nitrogen and oxygen atoms in total. The van der Waals surface area contributed by atoms with Crippen LogP contribution in [0.5, 0.6) is 0 Å². The number of fused-ring (bicyclic) bond motifs is 1. The molecule has 7 heteroatoms. The first kappa shape index (κ1) is 11.7. The Bertz CT molecular complexity index is 490. The van der Waals surface area contributed by atoms with Crippen molar-refractivity contribution in [2.24, 2.45) is 0 Å². The first-order valence-corrected chi connectivity index (χ1v) is 5.92. The summed E-state index contributed by atoms with van der Waals surface area (Å²) in [6, 6.07) is 2.91. The Labute approximate surface area is 107 Å². The largest absolute Gasteiger partial charge is 0.342 e. The summed E-state index contributed by atoms with van der Waals surface area (Å²) < 4.78 is 41.2. The number of halogens is 3. The molecule has 2 fully saturated rings. The van der Waals surface area contributed by atoms with Crippen LogP contribution in [0, 0.1) is 11.6 Å². The summed E-state index contributed by atoms with van der Waals surface area (Å²) in [5.74, 6) is -1.35. The van der Waals surface area contributed by atoms with E-state index in [4.69, 9.17) is 12.2 Å². The Morgan fingerprint density at radius 3 is 2.61 bits per heavy atom. The summed E-state index contributed by atoms with van der Waals surface area (Å²) in [4.78, 5) is 0. The zero-order valence-electron chi connectivity index (χ0n) is 9.16. The van der Waals surface area contributed by atoms with Gasteiger partial charge in [-0.05, 0) is 24.4 Å². The van der Waals surface area contributed by atoms with Crippen LogP contribution in [-0.4, -0.2) is 22.5 Å². The zero-order chi connectivity index (χ0) is 12.9. The monoisotopic (exact) mass is 273 g/mol. The van der Waals surface area contributed by atoms with Gasteiger partial charge >= 0.3 is 0 Å². The predicted molar refractivity (Wildman–Crippen MR) is 63.1 cm³/mol. The van der Waals surface area contributed by atoms with Crippen molar-refractivity contribution in [3.05, 3.63) is 35.4 Å². The van der Waals surface area contributed by atoms with Crippen LogP contribution in [0.1, 0.15) is 18.0 Å². The van der Waals surface area contributed by atoms with Crippen molar-refractivity contribution in [1.29, 1.82) is 0 Å². The van der Waals surface area contributed by atoms with Gasteiger partial charge in [-0.1, -0.05) is 6.07 Å². The molecule has 2 aliphatic heterocycles. The van der Waals surface area contributed by atoms with Crippen LogP contribution in [0.3, 0.4) is 0 Å². The zero-order valence-corrected chi connectivity index (χ0v) is 9.98. The molecule has 2 heterocycles. The Hall–Kier alpha value is -1.34. The lowest BCUT2D eigenvalue weighted by atomic mass is 10.0. The number of nitrogens with zero attached hydrogens (tertiary/aromatic N) is 1. The lowest BCUT2D eigenvalue weighted by Crippen LogP contribution is -2.39. The Morgan fingerprint density at radius 2 is 1.94 bits per heavy atom. The van der Waals surface area contributed by atoms with Crippen molar-refractivity contribution >= 4 is 17.3 Å². The summed E-state index contributed by atoms with van der Waals surface area (Å²) in [6.45, 7) is 0. The first-order chi connectivity index (χ1) is 8.58. The standard InChI is InChI=1S/C11H10F3N3S/c12-5-2-1-3-6(13)9(5)8-4-7(14)10-15-11(18)16-17(8)10/h1-3,7-8,10H,4H2,(H2,15,16,18)/t7-,8-,10?/m0/s1. The second kappa shape index (κ2) is 4.10. The van der Waals surface area contributed by atoms with Crippen molar-refractivity contribution in [3.8, 4) is 0 Å². The number of rotatable bonds is 1. The predicted octanol–water partition coefficient (Wildman–Crippen LogP) is 1.77. The molecule has 0 saturated carbocycles. The van der Waals surface area contributed by atoms with Gasteiger partial charge in [0.15, 0.2) is 5.11 Å². The fourth-order valence-electron chi connectivity index (χ4n) is 2.50. The number of benzene rings is 1. The van der Waals surface area contributed by atoms with Crippen molar-refractivity contribution in [1.82, 2.24) is 15.8 Å². The van der Waals surface area contributed by atoms with Crippen molar-refractivity contribution in [2.45, 2.75) is 24.8 Å². The van der Waals surface area contributed by atoms with Crippen LogP contribution >= 0.6 is 12.2 Å². The minimum Gasteiger partial charge on any atom is -0.342 e. The molecule has 1 unspecified atom stereocenters. The number of nitrogens with one attached hydrogen (secondary N) is 2. The van der Waals surface area contributed by atoms with Gasteiger partial charge in [0.25, 0.3) is 0 Å². The maximum absolute atomic E-state index is 13.8. The minimum absolute atomic E-state index is 0.0190. The Balaban J connectivity index is 2.00. The van der Waals surface area contributed by atoms with E-state index in [-0.39, 0.29) is 17.1 Å². The smallest absolute Gasteiger partial charge is 0.182 e. The lowest BCUT2D eigenvalue weighted by molar-refractivity contribution is 0.152. The molecule has 0 spiro atoms. The maximum atomic E-state index is 13.8. The fourth-order valence-corrected chi connectivity index (χ4v) is 2.73. The van der Waals surface area contributed by atoms with Crippen LogP contribution in [0.4, 0.5) is 13.2 Å². The average Bonchev–Trinajstić information content (AvgIpc) is 2.80. The van der Waals surface area contributed by atoms with E-state index in [1.165, 1.54) is 23.2 Å². The Morgan fingerprint density at radius 1 is 1.28 bits per heavy atom. The van der Waals surface area contributed by atoms with Gasteiger partial charge in [0.05, 0.1) is 6.04 Å². The lowest BCUT2D eigenvalue weighted by Gasteiger charge is -2.22. The van der Waals surface area contributed by atoms with E-state index in [1.807, 2.05) is 0 Å². The molecule has 1 aromatic carbocycles. The highest BCUT2D eigenvalue weighted by Gasteiger charge is 2.48. The van der Waals surface area contributed by atoms with Gasteiger partial charge in [0, 0.05) is 12.0 Å². The molecule has 18 heavy (non-hydrogen) atoms. The van der Waals surface area contributed by atoms with Crippen molar-refractivity contribution in [2.75, 3.05) is 0 Å². The molecule has 0 aromatic heterocycles. The molecule has 0 radical (unpaired) electrons. The molecular weight excluding hydrogens is 263 g/mol. The highest BCUT2D eigenvalue weighted by molar-refractivity contribution is 7.80. The molecule has 0 aliphatic carbocycles. The van der Waals surface area contributed by atoms with Gasteiger partial charge in [0.1, 0.15) is 24.0 Å². The number of hydrazine groups is 1. The highest BCUT2D eigenvalue weighted by Crippen LogP contribution is 2.39. The molecule has 2 aliphatic rings. The first-order valence-electron chi connectivity index (χ1n) is 5.51.